The summed E-state index contributed by atoms with van der Waals surface area (Å²) in [6, 6.07) is 0. The first kappa shape index (κ1) is 11.4. The van der Waals surface area contributed by atoms with E-state index in [-0.39, 0.29) is 5.41 Å². The van der Waals surface area contributed by atoms with Crippen molar-refractivity contribution >= 4 is 5.78 Å². The van der Waals surface area contributed by atoms with E-state index in [1.165, 1.54) is 0 Å². The topological polar surface area (TPSA) is 17.1 Å². The monoisotopic (exact) mass is 168 g/mol. The smallest absolute Gasteiger partial charge is 0.142 e. The molecule has 0 unspecified atom stereocenters. The van der Waals surface area contributed by atoms with Crippen LogP contribution in [0.2, 0.25) is 0 Å². The SMILES string of the molecule is C=C(CC)CC(=O)C(C)(C)CC. The predicted molar refractivity (Wildman–Crippen MR) is 53.1 cm³/mol. The van der Waals surface area contributed by atoms with Crippen molar-refractivity contribution < 1.29 is 4.79 Å². The van der Waals surface area contributed by atoms with Crippen LogP contribution in [-0.2, 0) is 4.79 Å². The lowest BCUT2D eigenvalue weighted by Crippen LogP contribution is -2.23. The van der Waals surface area contributed by atoms with Crippen LogP contribution in [-0.4, -0.2) is 5.78 Å². The van der Waals surface area contributed by atoms with E-state index in [1.54, 1.807) is 0 Å². The summed E-state index contributed by atoms with van der Waals surface area (Å²) in [6.45, 7) is 11.9. The van der Waals surface area contributed by atoms with Gasteiger partial charge in [0.1, 0.15) is 5.78 Å². The van der Waals surface area contributed by atoms with Gasteiger partial charge in [-0.05, 0) is 12.8 Å². The standard InChI is InChI=1S/C11H20O/c1-6-9(3)8-10(12)11(4,5)7-2/h3,6-8H2,1-2,4-5H3. The molecular weight excluding hydrogens is 148 g/mol. The molecule has 0 saturated carbocycles. The van der Waals surface area contributed by atoms with Crippen molar-refractivity contribution in [1.82, 2.24) is 0 Å². The first-order valence-electron chi connectivity index (χ1n) is 4.64. The van der Waals surface area contributed by atoms with Gasteiger partial charge in [0, 0.05) is 11.8 Å². The van der Waals surface area contributed by atoms with Gasteiger partial charge in [-0.25, -0.2) is 0 Å². The second-order valence-electron chi connectivity index (χ2n) is 3.94. The van der Waals surface area contributed by atoms with Gasteiger partial charge in [0.15, 0.2) is 0 Å². The van der Waals surface area contributed by atoms with Crippen LogP contribution in [0.25, 0.3) is 0 Å². The van der Waals surface area contributed by atoms with E-state index >= 15 is 0 Å². The second-order valence-corrected chi connectivity index (χ2v) is 3.94. The maximum Gasteiger partial charge on any atom is 0.142 e. The summed E-state index contributed by atoms with van der Waals surface area (Å²) in [6.07, 6.45) is 2.37. The Morgan fingerprint density at radius 1 is 1.33 bits per heavy atom. The molecule has 0 heterocycles. The van der Waals surface area contributed by atoms with E-state index in [2.05, 4.69) is 6.58 Å². The van der Waals surface area contributed by atoms with Crippen LogP contribution < -0.4 is 0 Å². The molecule has 0 amide bonds. The van der Waals surface area contributed by atoms with Gasteiger partial charge in [-0.1, -0.05) is 39.8 Å². The van der Waals surface area contributed by atoms with E-state index in [0.717, 1.165) is 18.4 Å². The molecule has 0 aliphatic carbocycles. The number of ketones is 1. The third-order valence-electron chi connectivity index (χ3n) is 2.55. The molecule has 1 heteroatoms. The molecule has 70 valence electrons. The molecule has 0 spiro atoms. The summed E-state index contributed by atoms with van der Waals surface area (Å²) in [4.78, 5) is 11.6. The van der Waals surface area contributed by atoms with Gasteiger partial charge in [-0.3, -0.25) is 4.79 Å². The number of rotatable bonds is 5. The minimum atomic E-state index is -0.169. The summed E-state index contributed by atoms with van der Waals surface area (Å²) >= 11 is 0. The molecule has 0 aromatic carbocycles. The van der Waals surface area contributed by atoms with Crippen molar-refractivity contribution in [2.45, 2.75) is 47.0 Å². The number of Topliss-reactive ketones (excluding diaryl/α,β-unsaturated/α-hetero) is 1. The Kier molecular flexibility index (Phi) is 4.22. The minimum Gasteiger partial charge on any atom is -0.299 e. The average Bonchev–Trinajstić information content (AvgIpc) is 2.04. The van der Waals surface area contributed by atoms with Gasteiger partial charge in [0.2, 0.25) is 0 Å². The van der Waals surface area contributed by atoms with Crippen LogP contribution in [0, 0.1) is 5.41 Å². The van der Waals surface area contributed by atoms with E-state index in [9.17, 15) is 4.79 Å². The number of carbonyl (C=O) groups excluding carboxylic acids is 1. The zero-order valence-electron chi connectivity index (χ0n) is 8.74. The fraction of sp³-hybridized carbons (Fsp3) is 0.727. The Balaban J connectivity index is 4.13. The molecule has 0 fully saturated rings. The first-order valence-corrected chi connectivity index (χ1v) is 4.64. The fourth-order valence-corrected chi connectivity index (χ4v) is 0.789. The zero-order chi connectivity index (χ0) is 9.78. The average molecular weight is 168 g/mol. The van der Waals surface area contributed by atoms with Crippen LogP contribution in [0.1, 0.15) is 47.0 Å². The van der Waals surface area contributed by atoms with Gasteiger partial charge in [0.05, 0.1) is 0 Å². The molecule has 0 rings (SSSR count). The maximum absolute atomic E-state index is 11.6. The Morgan fingerprint density at radius 2 is 1.83 bits per heavy atom. The summed E-state index contributed by atoms with van der Waals surface area (Å²) in [5.74, 6) is 0.317. The van der Waals surface area contributed by atoms with Gasteiger partial charge >= 0.3 is 0 Å². The molecule has 0 saturated heterocycles. The fourth-order valence-electron chi connectivity index (χ4n) is 0.789. The Labute approximate surface area is 75.9 Å². The molecule has 0 atom stereocenters. The van der Waals surface area contributed by atoms with Crippen LogP contribution in [0.4, 0.5) is 0 Å². The molecule has 1 nitrogen and oxygen atoms in total. The third kappa shape index (κ3) is 3.21. The largest absolute Gasteiger partial charge is 0.299 e. The van der Waals surface area contributed by atoms with Gasteiger partial charge in [-0.2, -0.15) is 0 Å². The van der Waals surface area contributed by atoms with Gasteiger partial charge < -0.3 is 0 Å². The summed E-state index contributed by atoms with van der Waals surface area (Å²) in [5.41, 5.74) is 0.875. The molecule has 0 aliphatic heterocycles. The molecular formula is C11H20O. The third-order valence-corrected chi connectivity index (χ3v) is 2.55. The quantitative estimate of drug-likeness (QED) is 0.575. The normalized spacial score (nSPS) is 11.3. The predicted octanol–water partition coefficient (Wildman–Crippen LogP) is 3.35. The lowest BCUT2D eigenvalue weighted by molar-refractivity contribution is -0.126. The van der Waals surface area contributed by atoms with Crippen molar-refractivity contribution in [3.8, 4) is 0 Å². The lowest BCUT2D eigenvalue weighted by Gasteiger charge is -2.20. The Bertz CT molecular complexity index is 177. The highest BCUT2D eigenvalue weighted by atomic mass is 16.1. The zero-order valence-corrected chi connectivity index (χ0v) is 8.74. The van der Waals surface area contributed by atoms with E-state index in [1.807, 2.05) is 27.7 Å². The highest BCUT2D eigenvalue weighted by Gasteiger charge is 2.24. The number of hydrogen-bond acceptors (Lipinski definition) is 1. The van der Waals surface area contributed by atoms with Gasteiger partial charge in [0.25, 0.3) is 0 Å². The molecule has 0 bridgehead atoms. The van der Waals surface area contributed by atoms with Gasteiger partial charge in [-0.15, -0.1) is 0 Å². The van der Waals surface area contributed by atoms with Crippen molar-refractivity contribution in [2.75, 3.05) is 0 Å². The molecule has 0 aromatic heterocycles. The number of allylic oxidation sites excluding steroid dienone is 1. The van der Waals surface area contributed by atoms with Crippen molar-refractivity contribution in [2.24, 2.45) is 5.41 Å². The molecule has 12 heavy (non-hydrogen) atoms. The van der Waals surface area contributed by atoms with Crippen molar-refractivity contribution in [1.29, 1.82) is 0 Å². The minimum absolute atomic E-state index is 0.169. The van der Waals surface area contributed by atoms with Crippen molar-refractivity contribution in [3.63, 3.8) is 0 Å². The molecule has 0 aromatic rings. The van der Waals surface area contributed by atoms with Crippen LogP contribution >= 0.6 is 0 Å². The highest BCUT2D eigenvalue weighted by Crippen LogP contribution is 2.24. The van der Waals surface area contributed by atoms with E-state index in [4.69, 9.17) is 0 Å². The second kappa shape index (κ2) is 4.44. The van der Waals surface area contributed by atoms with Crippen LogP contribution in [0.5, 0.6) is 0 Å². The molecule has 0 aliphatic rings. The summed E-state index contributed by atoms with van der Waals surface area (Å²) < 4.78 is 0. The van der Waals surface area contributed by atoms with Crippen molar-refractivity contribution in [3.05, 3.63) is 12.2 Å². The number of carbonyl (C=O) groups is 1. The summed E-state index contributed by atoms with van der Waals surface area (Å²) in [7, 11) is 0. The lowest BCUT2D eigenvalue weighted by atomic mass is 9.82. The van der Waals surface area contributed by atoms with Crippen LogP contribution in [0.3, 0.4) is 0 Å². The van der Waals surface area contributed by atoms with Crippen LogP contribution in [0.15, 0.2) is 12.2 Å². The van der Waals surface area contributed by atoms with E-state index in [0.29, 0.717) is 12.2 Å². The maximum atomic E-state index is 11.6. The molecule has 0 N–H and O–H groups in total. The van der Waals surface area contributed by atoms with E-state index < -0.39 is 0 Å². The first-order chi connectivity index (χ1) is 5.44. The number of hydrogen-bond donors (Lipinski definition) is 0. The summed E-state index contributed by atoms with van der Waals surface area (Å²) in [5, 5.41) is 0. The Hall–Kier alpha value is -0.590. The molecule has 0 radical (unpaired) electrons. The Morgan fingerprint density at radius 3 is 2.17 bits per heavy atom. The highest BCUT2D eigenvalue weighted by molar-refractivity contribution is 5.85.